The zero-order valence-corrected chi connectivity index (χ0v) is 24.3. The predicted molar refractivity (Wildman–Crippen MR) is 149 cm³/mol. The Balaban J connectivity index is 1.26. The number of hydrogen-bond acceptors (Lipinski definition) is 5. The van der Waals surface area contributed by atoms with Crippen LogP contribution < -0.4 is 20.9 Å². The molecule has 10 heteroatoms. The van der Waals surface area contributed by atoms with Crippen LogP contribution in [0.15, 0.2) is 25.6 Å². The zero-order chi connectivity index (χ0) is 24.2. The number of nitrogens with one attached hydrogen (secondary N) is 3. The number of anilines is 3. The van der Waals surface area contributed by atoms with Crippen LogP contribution in [0.1, 0.15) is 49.8 Å². The summed E-state index contributed by atoms with van der Waals surface area (Å²) in [5, 5.41) is 9.56. The highest BCUT2D eigenvalue weighted by Crippen LogP contribution is 2.34. The van der Waals surface area contributed by atoms with Gasteiger partial charge in [-0.25, -0.2) is 9.78 Å². The monoisotopic (exact) mass is 656 g/mol. The smallest absolute Gasteiger partial charge is 0.319 e. The van der Waals surface area contributed by atoms with Gasteiger partial charge in [0.05, 0.1) is 11.4 Å². The summed E-state index contributed by atoms with van der Waals surface area (Å²) in [4.78, 5) is 24.3. The van der Waals surface area contributed by atoms with Crippen LogP contribution in [0.3, 0.4) is 0 Å². The minimum Gasteiger partial charge on any atom is -0.362 e. The first kappa shape index (κ1) is 25.7. The summed E-state index contributed by atoms with van der Waals surface area (Å²) in [5.41, 5.74) is 3.24. The van der Waals surface area contributed by atoms with Gasteiger partial charge >= 0.3 is 6.03 Å². The molecule has 2 amide bonds. The lowest BCUT2D eigenvalue weighted by Crippen LogP contribution is -2.36. The van der Waals surface area contributed by atoms with E-state index in [-0.39, 0.29) is 6.03 Å². The van der Waals surface area contributed by atoms with Gasteiger partial charge in [0, 0.05) is 45.7 Å². The second kappa shape index (κ2) is 11.6. The number of aromatic nitrogens is 2. The molecule has 0 saturated heterocycles. The molecular weight excluding hydrogens is 628 g/mol. The average Bonchev–Trinajstić information content (AvgIpc) is 2.80. The topological polar surface area (TPSA) is 82.2 Å². The van der Waals surface area contributed by atoms with Gasteiger partial charge in [0.1, 0.15) is 5.82 Å². The molecule has 0 bridgehead atoms. The van der Waals surface area contributed by atoms with E-state index in [1.165, 1.54) is 24.1 Å². The molecule has 1 aromatic heterocycles. The maximum atomic E-state index is 12.4. The lowest BCUT2D eigenvalue weighted by atomic mass is 9.86. The molecule has 1 fully saturated rings. The molecule has 3 N–H and O–H groups in total. The summed E-state index contributed by atoms with van der Waals surface area (Å²) in [6, 6.07) is 3.99. The molecule has 2 aromatic rings. The first-order chi connectivity index (χ1) is 16.3. The van der Waals surface area contributed by atoms with Gasteiger partial charge in [0.2, 0.25) is 5.95 Å². The van der Waals surface area contributed by atoms with Gasteiger partial charge < -0.3 is 20.9 Å². The zero-order valence-electron chi connectivity index (χ0n) is 19.6. The van der Waals surface area contributed by atoms with Gasteiger partial charge in [0.25, 0.3) is 0 Å². The Morgan fingerprint density at radius 1 is 1.03 bits per heavy atom. The molecule has 2 aliphatic carbocycles. The molecule has 2 aliphatic rings. The van der Waals surface area contributed by atoms with Crippen LogP contribution in [0.25, 0.3) is 0 Å². The van der Waals surface area contributed by atoms with E-state index in [2.05, 4.69) is 82.7 Å². The van der Waals surface area contributed by atoms with E-state index in [0.717, 1.165) is 69.4 Å². The molecule has 0 aliphatic heterocycles. The molecule has 0 spiro atoms. The van der Waals surface area contributed by atoms with E-state index in [1.807, 2.05) is 12.1 Å². The van der Waals surface area contributed by atoms with Crippen molar-refractivity contribution in [1.82, 2.24) is 15.3 Å². The van der Waals surface area contributed by atoms with Crippen molar-refractivity contribution >= 4 is 71.3 Å². The van der Waals surface area contributed by atoms with E-state index in [9.17, 15) is 4.79 Å². The third-order valence-electron chi connectivity index (χ3n) is 6.56. The number of carbonyl (C=O) groups is 1. The summed E-state index contributed by atoms with van der Waals surface area (Å²) in [7, 11) is 4.12. The van der Waals surface area contributed by atoms with E-state index < -0.39 is 0 Å². The molecule has 1 aromatic carbocycles. The van der Waals surface area contributed by atoms with Crippen molar-refractivity contribution in [3.05, 3.63) is 36.8 Å². The van der Waals surface area contributed by atoms with Crippen molar-refractivity contribution in [1.29, 1.82) is 0 Å². The maximum Gasteiger partial charge on any atom is 0.319 e. The molecule has 184 valence electrons. The summed E-state index contributed by atoms with van der Waals surface area (Å²) in [6.07, 6.45) is 8.77. The number of halogens is 3. The van der Waals surface area contributed by atoms with Crippen molar-refractivity contribution in [2.75, 3.05) is 36.2 Å². The molecule has 1 saturated carbocycles. The summed E-state index contributed by atoms with van der Waals surface area (Å²) < 4.78 is 2.57. The number of benzene rings is 1. The van der Waals surface area contributed by atoms with Gasteiger partial charge in [-0.2, -0.15) is 4.98 Å². The number of amides is 2. The van der Waals surface area contributed by atoms with Crippen LogP contribution in [0.4, 0.5) is 22.2 Å². The Hall–Kier alpha value is -1.39. The molecule has 7 nitrogen and oxygen atoms in total. The fraction of sp³-hybridized carbons (Fsp3) is 0.542. The average molecular weight is 659 g/mol. The Morgan fingerprint density at radius 3 is 2.38 bits per heavy atom. The fourth-order valence-electron chi connectivity index (χ4n) is 4.76. The first-order valence-corrected chi connectivity index (χ1v) is 14.2. The van der Waals surface area contributed by atoms with Crippen LogP contribution in [0.5, 0.6) is 0 Å². The van der Waals surface area contributed by atoms with E-state index in [0.29, 0.717) is 18.5 Å². The van der Waals surface area contributed by atoms with Crippen LogP contribution in [0, 0.1) is 5.92 Å². The highest BCUT2D eigenvalue weighted by molar-refractivity contribution is 9.11. The Kier molecular flexibility index (Phi) is 8.74. The number of fused-ring (bicyclic) bond motifs is 1. The van der Waals surface area contributed by atoms with Gasteiger partial charge in [-0.3, -0.25) is 0 Å². The fourth-order valence-corrected chi connectivity index (χ4v) is 7.22. The van der Waals surface area contributed by atoms with Crippen molar-refractivity contribution in [2.45, 2.75) is 57.4 Å². The first-order valence-electron chi connectivity index (χ1n) is 11.8. The number of hydrogen-bond donors (Lipinski definition) is 3. The van der Waals surface area contributed by atoms with Crippen molar-refractivity contribution < 1.29 is 4.79 Å². The predicted octanol–water partition coefficient (Wildman–Crippen LogP) is 6.50. The lowest BCUT2D eigenvalue weighted by molar-refractivity contribution is 0.246. The van der Waals surface area contributed by atoms with Gasteiger partial charge in [-0.15, -0.1) is 0 Å². The Labute approximate surface area is 226 Å². The number of rotatable bonds is 6. The molecule has 0 unspecified atom stereocenters. The van der Waals surface area contributed by atoms with Crippen molar-refractivity contribution in [2.24, 2.45) is 5.92 Å². The summed E-state index contributed by atoms with van der Waals surface area (Å²) >= 11 is 10.4. The van der Waals surface area contributed by atoms with E-state index in [1.54, 1.807) is 0 Å². The standard InChI is InChI=1S/C24H31Br3N6O/c1-33(2)22-17-5-3-4-6-20(17)30-23(32-22)29-16-9-7-14(8-10-16)13-28-24(34)31-21-18(26)11-15(25)12-19(21)27/h11-12,14,16H,3-10,13H2,1-2H3,(H2,28,31,34)(H,29,30,32)/t14-,16+. The molecule has 0 radical (unpaired) electrons. The largest absolute Gasteiger partial charge is 0.362 e. The third kappa shape index (κ3) is 6.43. The van der Waals surface area contributed by atoms with E-state index in [4.69, 9.17) is 9.97 Å². The number of carbonyl (C=O) groups excluding carboxylic acids is 1. The third-order valence-corrected chi connectivity index (χ3v) is 8.27. The van der Waals surface area contributed by atoms with Crippen LogP contribution in [-0.4, -0.2) is 42.7 Å². The normalized spacial score (nSPS) is 19.8. The molecule has 1 heterocycles. The minimum absolute atomic E-state index is 0.192. The maximum absolute atomic E-state index is 12.4. The second-order valence-electron chi connectivity index (χ2n) is 9.34. The minimum atomic E-state index is -0.192. The highest BCUT2D eigenvalue weighted by Gasteiger charge is 2.24. The molecule has 4 rings (SSSR count). The van der Waals surface area contributed by atoms with Crippen LogP contribution in [-0.2, 0) is 12.8 Å². The van der Waals surface area contributed by atoms with Crippen molar-refractivity contribution in [3.8, 4) is 0 Å². The summed E-state index contributed by atoms with van der Waals surface area (Å²) in [6.45, 7) is 0.671. The van der Waals surface area contributed by atoms with Gasteiger partial charge in [-0.1, -0.05) is 15.9 Å². The van der Waals surface area contributed by atoms with Crippen molar-refractivity contribution in [3.63, 3.8) is 0 Å². The molecular formula is C24H31Br3N6O. The van der Waals surface area contributed by atoms with E-state index >= 15 is 0 Å². The SMILES string of the molecule is CN(C)c1nc(N[C@H]2CC[C@@H](CNC(=O)Nc3c(Br)cc(Br)cc3Br)CC2)nc2c1CCCC2. The Morgan fingerprint density at radius 2 is 1.71 bits per heavy atom. The Bertz CT molecular complexity index is 1020. The van der Waals surface area contributed by atoms with Crippen LogP contribution >= 0.6 is 47.8 Å². The molecule has 0 atom stereocenters. The highest BCUT2D eigenvalue weighted by atomic mass is 79.9. The van der Waals surface area contributed by atoms with Gasteiger partial charge in [0.15, 0.2) is 0 Å². The van der Waals surface area contributed by atoms with Gasteiger partial charge in [-0.05, 0) is 101 Å². The second-order valence-corrected chi connectivity index (χ2v) is 12.0. The molecule has 34 heavy (non-hydrogen) atoms. The number of nitrogens with zero attached hydrogens (tertiary/aromatic N) is 3. The lowest BCUT2D eigenvalue weighted by Gasteiger charge is -2.30. The van der Waals surface area contributed by atoms with Crippen LogP contribution in [0.2, 0.25) is 0 Å². The summed E-state index contributed by atoms with van der Waals surface area (Å²) in [5.74, 6) is 2.29. The number of urea groups is 1. The number of aryl methyl sites for hydroxylation is 1. The quantitative estimate of drug-likeness (QED) is 0.330.